The zero-order valence-electron chi connectivity index (χ0n) is 20.6. The largest absolute Gasteiger partial charge is 0.326 e. The Morgan fingerprint density at radius 1 is 0.971 bits per heavy atom. The molecule has 1 fully saturated rings. The Hall–Kier alpha value is -3.66. The summed E-state index contributed by atoms with van der Waals surface area (Å²) in [6.07, 6.45) is 4.35. The van der Waals surface area contributed by atoms with Crippen molar-refractivity contribution in [1.82, 2.24) is 14.4 Å². The molecule has 1 amide bonds. The summed E-state index contributed by atoms with van der Waals surface area (Å²) in [5, 5.41) is 12.8. The zero-order chi connectivity index (χ0) is 24.6. The molecule has 0 atom stereocenters. The molecule has 0 unspecified atom stereocenters. The molecular formula is C29H33N5O. The van der Waals surface area contributed by atoms with E-state index in [1.54, 1.807) is 0 Å². The predicted octanol–water partition coefficient (Wildman–Crippen LogP) is 4.29. The lowest BCUT2D eigenvalue weighted by atomic mass is 10.2. The van der Waals surface area contributed by atoms with Crippen molar-refractivity contribution in [2.45, 2.75) is 20.4 Å². The van der Waals surface area contributed by atoms with Crippen molar-refractivity contribution < 1.29 is 4.79 Å². The molecule has 1 aromatic heterocycles. The van der Waals surface area contributed by atoms with Crippen molar-refractivity contribution in [1.29, 1.82) is 5.26 Å². The molecule has 1 saturated heterocycles. The highest BCUT2D eigenvalue weighted by Gasteiger charge is 2.22. The molecule has 0 aliphatic carbocycles. The van der Waals surface area contributed by atoms with Gasteiger partial charge in [0.05, 0.1) is 12.1 Å². The molecule has 180 valence electrons. The standard InChI is InChI=1S/C29H33N5O/c1-23-24(2)34(21-26-12-7-4-8-13-26)29(27(23)20-30)31-28(35)22-33-18-16-32(17-19-33)15-9-14-25-10-5-3-6-11-25/h3-14H,15-19,21-22H2,1-2H3,(H,31,35)/b14-9+. The maximum atomic E-state index is 13.0. The van der Waals surface area contributed by atoms with Gasteiger partial charge < -0.3 is 9.88 Å². The fraction of sp³-hybridized carbons (Fsp3) is 0.310. The van der Waals surface area contributed by atoms with Gasteiger partial charge in [-0.2, -0.15) is 5.26 Å². The van der Waals surface area contributed by atoms with E-state index in [0.29, 0.717) is 24.5 Å². The third-order valence-corrected chi connectivity index (χ3v) is 6.69. The number of amides is 1. The maximum Gasteiger partial charge on any atom is 0.239 e. The van der Waals surface area contributed by atoms with Gasteiger partial charge in [0, 0.05) is 45.0 Å². The lowest BCUT2D eigenvalue weighted by molar-refractivity contribution is -0.117. The molecule has 1 N–H and O–H groups in total. The maximum absolute atomic E-state index is 13.0. The Morgan fingerprint density at radius 2 is 1.60 bits per heavy atom. The number of hydrogen-bond donors (Lipinski definition) is 1. The molecule has 0 spiro atoms. The summed E-state index contributed by atoms with van der Waals surface area (Å²) in [4.78, 5) is 17.6. The number of nitriles is 1. The van der Waals surface area contributed by atoms with E-state index < -0.39 is 0 Å². The van der Waals surface area contributed by atoms with Gasteiger partial charge in [0.25, 0.3) is 0 Å². The molecule has 35 heavy (non-hydrogen) atoms. The smallest absolute Gasteiger partial charge is 0.239 e. The van der Waals surface area contributed by atoms with E-state index in [9.17, 15) is 10.1 Å². The van der Waals surface area contributed by atoms with Crippen molar-refractivity contribution in [2.24, 2.45) is 0 Å². The molecule has 0 bridgehead atoms. The van der Waals surface area contributed by atoms with Crippen LogP contribution in [0.2, 0.25) is 0 Å². The third kappa shape index (κ3) is 6.27. The highest BCUT2D eigenvalue weighted by atomic mass is 16.2. The molecule has 6 heteroatoms. The first-order valence-electron chi connectivity index (χ1n) is 12.1. The summed E-state index contributed by atoms with van der Waals surface area (Å²) >= 11 is 0. The minimum absolute atomic E-state index is 0.0780. The van der Waals surface area contributed by atoms with Crippen molar-refractivity contribution in [2.75, 3.05) is 44.6 Å². The van der Waals surface area contributed by atoms with Gasteiger partial charge in [-0.1, -0.05) is 72.8 Å². The molecular weight excluding hydrogens is 434 g/mol. The second-order valence-electron chi connectivity index (χ2n) is 9.06. The van der Waals surface area contributed by atoms with Crippen LogP contribution in [-0.2, 0) is 11.3 Å². The molecule has 0 saturated carbocycles. The van der Waals surface area contributed by atoms with Crippen LogP contribution in [0.15, 0.2) is 66.7 Å². The van der Waals surface area contributed by atoms with Crippen molar-refractivity contribution in [3.05, 3.63) is 94.7 Å². The lowest BCUT2D eigenvalue weighted by Crippen LogP contribution is -2.48. The number of nitrogens with one attached hydrogen (secondary N) is 1. The number of carbonyl (C=O) groups is 1. The number of hydrogen-bond acceptors (Lipinski definition) is 4. The van der Waals surface area contributed by atoms with E-state index in [4.69, 9.17) is 0 Å². The minimum atomic E-state index is -0.0780. The van der Waals surface area contributed by atoms with Crippen LogP contribution < -0.4 is 5.32 Å². The quantitative estimate of drug-likeness (QED) is 0.537. The van der Waals surface area contributed by atoms with Crippen LogP contribution in [0.1, 0.15) is 27.9 Å². The first-order valence-corrected chi connectivity index (χ1v) is 12.1. The highest BCUT2D eigenvalue weighted by molar-refractivity contribution is 5.93. The van der Waals surface area contributed by atoms with Gasteiger partial charge in [-0.3, -0.25) is 14.6 Å². The highest BCUT2D eigenvalue weighted by Crippen LogP contribution is 2.27. The average Bonchev–Trinajstić information content (AvgIpc) is 3.10. The summed E-state index contributed by atoms with van der Waals surface area (Å²) in [6, 6.07) is 22.7. The van der Waals surface area contributed by atoms with Crippen LogP contribution in [0.25, 0.3) is 6.08 Å². The van der Waals surface area contributed by atoms with Gasteiger partial charge >= 0.3 is 0 Å². The second kappa shape index (κ2) is 11.7. The topological polar surface area (TPSA) is 64.3 Å². The number of anilines is 1. The van der Waals surface area contributed by atoms with Crippen LogP contribution in [0.3, 0.4) is 0 Å². The second-order valence-corrected chi connectivity index (χ2v) is 9.06. The van der Waals surface area contributed by atoms with Gasteiger partial charge in [0.1, 0.15) is 11.9 Å². The summed E-state index contributed by atoms with van der Waals surface area (Å²) in [7, 11) is 0. The van der Waals surface area contributed by atoms with Gasteiger partial charge in [0.15, 0.2) is 0 Å². The molecule has 2 heterocycles. The van der Waals surface area contributed by atoms with Gasteiger partial charge in [0.2, 0.25) is 5.91 Å². The van der Waals surface area contributed by atoms with E-state index in [0.717, 1.165) is 49.5 Å². The average molecular weight is 468 g/mol. The van der Waals surface area contributed by atoms with Crippen LogP contribution in [-0.4, -0.2) is 59.5 Å². The molecule has 6 nitrogen and oxygen atoms in total. The van der Waals surface area contributed by atoms with E-state index in [2.05, 4.69) is 57.6 Å². The lowest BCUT2D eigenvalue weighted by Gasteiger charge is -2.33. The van der Waals surface area contributed by atoms with Gasteiger partial charge in [-0.15, -0.1) is 0 Å². The predicted molar refractivity (Wildman–Crippen MR) is 141 cm³/mol. The normalized spacial score (nSPS) is 14.8. The first kappa shape index (κ1) is 24.5. The number of nitrogens with zero attached hydrogens (tertiary/aromatic N) is 4. The minimum Gasteiger partial charge on any atom is -0.326 e. The van der Waals surface area contributed by atoms with Crippen LogP contribution in [0.5, 0.6) is 0 Å². The molecule has 4 rings (SSSR count). The Bertz CT molecular complexity index is 1200. The Kier molecular flexibility index (Phi) is 8.15. The van der Waals surface area contributed by atoms with Crippen LogP contribution in [0.4, 0.5) is 5.82 Å². The Labute approximate surface area is 208 Å². The third-order valence-electron chi connectivity index (χ3n) is 6.69. The number of aromatic nitrogens is 1. The monoisotopic (exact) mass is 467 g/mol. The fourth-order valence-electron chi connectivity index (χ4n) is 4.50. The summed E-state index contributed by atoms with van der Waals surface area (Å²) in [6.45, 7) is 9.34. The fourth-order valence-corrected chi connectivity index (χ4v) is 4.50. The van der Waals surface area contributed by atoms with Gasteiger partial charge in [-0.25, -0.2) is 0 Å². The van der Waals surface area contributed by atoms with Crippen molar-refractivity contribution in [3.63, 3.8) is 0 Å². The number of rotatable bonds is 8. The van der Waals surface area contributed by atoms with E-state index in [1.165, 1.54) is 5.56 Å². The van der Waals surface area contributed by atoms with Gasteiger partial charge in [-0.05, 0) is 30.5 Å². The summed E-state index contributed by atoms with van der Waals surface area (Å²) < 4.78 is 2.04. The summed E-state index contributed by atoms with van der Waals surface area (Å²) in [5.41, 5.74) is 4.79. The number of carbonyl (C=O) groups excluding carboxylic acids is 1. The Morgan fingerprint density at radius 3 is 2.26 bits per heavy atom. The van der Waals surface area contributed by atoms with E-state index in [1.807, 2.05) is 54.8 Å². The molecule has 2 aromatic carbocycles. The van der Waals surface area contributed by atoms with E-state index >= 15 is 0 Å². The first-order chi connectivity index (χ1) is 17.0. The van der Waals surface area contributed by atoms with E-state index in [-0.39, 0.29) is 5.91 Å². The van der Waals surface area contributed by atoms with Crippen molar-refractivity contribution in [3.8, 4) is 6.07 Å². The molecule has 3 aromatic rings. The number of piperazine rings is 1. The number of benzene rings is 2. The Balaban J connectivity index is 1.33. The SMILES string of the molecule is Cc1c(C#N)c(NC(=O)CN2CCN(C/C=C/c3ccccc3)CC2)n(Cc2ccccc2)c1C. The zero-order valence-corrected chi connectivity index (χ0v) is 20.6. The summed E-state index contributed by atoms with van der Waals surface area (Å²) in [5.74, 6) is 0.520. The van der Waals surface area contributed by atoms with Crippen LogP contribution >= 0.6 is 0 Å². The molecule has 1 aliphatic rings. The van der Waals surface area contributed by atoms with Crippen LogP contribution in [0, 0.1) is 25.2 Å². The molecule has 1 aliphatic heterocycles. The van der Waals surface area contributed by atoms with Crippen molar-refractivity contribution >= 4 is 17.8 Å². The molecule has 0 radical (unpaired) electrons.